The van der Waals surface area contributed by atoms with Crippen LogP contribution in [0.3, 0.4) is 0 Å². The van der Waals surface area contributed by atoms with Gasteiger partial charge in [0.1, 0.15) is 11.5 Å². The molecule has 0 amide bonds. The summed E-state index contributed by atoms with van der Waals surface area (Å²) in [7, 11) is -3.70. The van der Waals surface area contributed by atoms with Crippen molar-refractivity contribution in [1.82, 2.24) is 0 Å². The molecule has 5 aromatic carbocycles. The summed E-state index contributed by atoms with van der Waals surface area (Å²) in [6.45, 7) is 6.05. The zero-order valence-electron chi connectivity index (χ0n) is 26.2. The summed E-state index contributed by atoms with van der Waals surface area (Å²) in [6.07, 6.45) is 0. The molecule has 7 heteroatoms. The van der Waals surface area contributed by atoms with Crippen LogP contribution >= 0.6 is 0 Å². The van der Waals surface area contributed by atoms with E-state index in [9.17, 15) is 9.59 Å². The summed E-state index contributed by atoms with van der Waals surface area (Å²) in [5.41, 5.74) is 2.96. The summed E-state index contributed by atoms with van der Waals surface area (Å²) < 4.78 is 19.4. The third-order valence-electron chi connectivity index (χ3n) is 8.17. The molecule has 5 aromatic rings. The molecule has 2 atom stereocenters. The molecule has 5 nitrogen and oxygen atoms in total. The van der Waals surface area contributed by atoms with Gasteiger partial charge >= 0.3 is 5.97 Å². The number of hydrogen-bond donors (Lipinski definition) is 0. The summed E-state index contributed by atoms with van der Waals surface area (Å²) in [6, 6.07) is 44.7. The molecule has 0 fully saturated rings. The number of ether oxygens (including phenoxy) is 2. The van der Waals surface area contributed by atoms with Crippen LogP contribution in [0.15, 0.2) is 133 Å². The molecule has 0 aliphatic heterocycles. The van der Waals surface area contributed by atoms with Gasteiger partial charge < -0.3 is 13.6 Å². The van der Waals surface area contributed by atoms with Crippen LogP contribution in [0.25, 0.3) is 0 Å². The second-order valence-electron chi connectivity index (χ2n) is 11.6. The molecule has 2 unspecified atom stereocenters. The molecule has 0 saturated heterocycles. The van der Waals surface area contributed by atoms with Gasteiger partial charge in [0, 0.05) is 5.56 Å². The van der Waals surface area contributed by atoms with E-state index in [0.29, 0.717) is 22.9 Å². The van der Waals surface area contributed by atoms with Gasteiger partial charge in [0.2, 0.25) is 16.6 Å². The lowest BCUT2D eigenvalue weighted by Crippen LogP contribution is -2.63. The molecular weight excluding hydrogens is 593 g/mol. The van der Waals surface area contributed by atoms with Crippen LogP contribution in [0.1, 0.15) is 38.8 Å². The minimum absolute atomic E-state index is 0.0535. The van der Waals surface area contributed by atoms with Crippen LogP contribution in [0.5, 0.6) is 11.5 Å². The Morgan fingerprint density at radius 1 is 0.556 bits per heavy atom. The Kier molecular flexibility index (Phi) is 9.93. The largest absolute Gasteiger partial charge is 0.496 e. The lowest BCUT2D eigenvalue weighted by molar-refractivity contribution is 0.0732. The maximum absolute atomic E-state index is 13.2. The second kappa shape index (κ2) is 14.0. The van der Waals surface area contributed by atoms with Crippen molar-refractivity contribution in [2.45, 2.75) is 32.1 Å². The smallest absolute Gasteiger partial charge is 0.343 e. The highest BCUT2D eigenvalue weighted by atomic mass is 28.4. The standard InChI is InChI=1S/C38H38O5Si2/c1-29(39)30-23-25-31(26-24-30)38(40)42-37-22-14-12-16-33(37)28-45(4,35-19-9-6-10-20-35)43-44(3,34-17-7-5-8-18-34)27-32-15-11-13-21-36(32)41-2/h5-26H,27-28H2,1-4H3. The summed E-state index contributed by atoms with van der Waals surface area (Å²) >= 11 is 0. The number of methoxy groups -OCH3 is 1. The topological polar surface area (TPSA) is 61.8 Å². The van der Waals surface area contributed by atoms with Crippen LogP contribution in [-0.2, 0) is 16.2 Å². The van der Waals surface area contributed by atoms with Gasteiger partial charge in [0.05, 0.1) is 12.7 Å². The zero-order valence-corrected chi connectivity index (χ0v) is 28.2. The predicted molar refractivity (Wildman–Crippen MR) is 185 cm³/mol. The number of para-hydroxylation sites is 2. The first-order valence-corrected chi connectivity index (χ1v) is 20.3. The molecule has 45 heavy (non-hydrogen) atoms. The number of Topliss-reactive ketones (excluding diaryl/α,β-unsaturated/α-hetero) is 1. The zero-order chi connectivity index (χ0) is 31.9. The first-order chi connectivity index (χ1) is 21.7. The van der Waals surface area contributed by atoms with Crippen molar-refractivity contribution < 1.29 is 23.2 Å². The molecule has 0 heterocycles. The fourth-order valence-corrected chi connectivity index (χ4v) is 15.5. The normalized spacial score (nSPS) is 13.7. The minimum Gasteiger partial charge on any atom is -0.496 e. The SMILES string of the molecule is COc1ccccc1C[Si](C)(O[Si](C)(Cc1ccccc1OC(=O)c1ccc(C(C)=O)cc1)c1ccccc1)c1ccccc1. The van der Waals surface area contributed by atoms with Gasteiger partial charge in [0.25, 0.3) is 0 Å². The molecule has 0 aromatic heterocycles. The quantitative estimate of drug-likeness (QED) is 0.0646. The Labute approximate surface area is 267 Å². The Bertz CT molecular complexity index is 1760. The molecule has 228 valence electrons. The Morgan fingerprint density at radius 2 is 0.978 bits per heavy atom. The summed E-state index contributed by atoms with van der Waals surface area (Å²) in [4.78, 5) is 24.9. The first-order valence-electron chi connectivity index (χ1n) is 15.0. The van der Waals surface area contributed by atoms with Gasteiger partial charge in [-0.15, -0.1) is 0 Å². The lowest BCUT2D eigenvalue weighted by Gasteiger charge is -2.40. The van der Waals surface area contributed by atoms with E-state index in [1.54, 1.807) is 31.4 Å². The number of carbonyl (C=O) groups excluding carboxylic acids is 2. The molecular formula is C38H38O5Si2. The van der Waals surface area contributed by atoms with E-state index in [4.69, 9.17) is 13.6 Å². The number of rotatable bonds is 12. The molecule has 0 saturated carbocycles. The monoisotopic (exact) mass is 630 g/mol. The van der Waals surface area contributed by atoms with Gasteiger partial charge in [-0.1, -0.05) is 109 Å². The molecule has 0 aliphatic carbocycles. The van der Waals surface area contributed by atoms with Crippen LogP contribution < -0.4 is 19.8 Å². The Hall–Kier alpha value is -4.57. The van der Waals surface area contributed by atoms with Gasteiger partial charge in [-0.3, -0.25) is 4.79 Å². The maximum atomic E-state index is 13.2. The number of carbonyl (C=O) groups is 2. The summed E-state index contributed by atoms with van der Waals surface area (Å²) in [5, 5.41) is 2.37. The van der Waals surface area contributed by atoms with Gasteiger partial charge in [-0.05, 0) is 77.9 Å². The van der Waals surface area contributed by atoms with Crippen molar-refractivity contribution >= 4 is 38.8 Å². The highest BCUT2D eigenvalue weighted by molar-refractivity contribution is 6.97. The average Bonchev–Trinajstić information content (AvgIpc) is 3.06. The Balaban J connectivity index is 1.52. The van der Waals surface area contributed by atoms with Crippen molar-refractivity contribution in [3.8, 4) is 11.5 Å². The second-order valence-corrected chi connectivity index (χ2v) is 19.2. The highest BCUT2D eigenvalue weighted by Crippen LogP contribution is 2.29. The molecule has 0 bridgehead atoms. The highest BCUT2D eigenvalue weighted by Gasteiger charge is 2.43. The van der Waals surface area contributed by atoms with Gasteiger partial charge in [-0.2, -0.15) is 0 Å². The number of ketones is 1. The Morgan fingerprint density at radius 3 is 1.47 bits per heavy atom. The fraction of sp³-hybridized carbons (Fsp3) is 0.158. The van der Waals surface area contributed by atoms with Crippen molar-refractivity contribution in [2.24, 2.45) is 0 Å². The fourth-order valence-electron chi connectivity index (χ4n) is 5.80. The van der Waals surface area contributed by atoms with Crippen molar-refractivity contribution in [3.63, 3.8) is 0 Å². The van der Waals surface area contributed by atoms with Crippen LogP contribution in [-0.4, -0.2) is 35.5 Å². The third kappa shape index (κ3) is 7.57. The van der Waals surface area contributed by atoms with E-state index in [1.807, 2.05) is 54.6 Å². The molecule has 5 rings (SSSR count). The maximum Gasteiger partial charge on any atom is 0.343 e. The van der Waals surface area contributed by atoms with E-state index >= 15 is 0 Å². The summed E-state index contributed by atoms with van der Waals surface area (Å²) in [5.74, 6) is 0.833. The van der Waals surface area contributed by atoms with Gasteiger partial charge in [-0.25, -0.2) is 4.79 Å². The van der Waals surface area contributed by atoms with Crippen LogP contribution in [0.4, 0.5) is 0 Å². The molecule has 0 N–H and O–H groups in total. The molecule has 0 spiro atoms. The number of esters is 1. The van der Waals surface area contributed by atoms with E-state index in [-0.39, 0.29) is 5.78 Å². The number of hydrogen-bond acceptors (Lipinski definition) is 5. The third-order valence-corrected chi connectivity index (χ3v) is 17.0. The lowest BCUT2D eigenvalue weighted by atomic mass is 10.1. The minimum atomic E-state index is -2.76. The van der Waals surface area contributed by atoms with Crippen molar-refractivity contribution in [3.05, 3.63) is 156 Å². The number of benzene rings is 5. The van der Waals surface area contributed by atoms with Crippen molar-refractivity contribution in [2.75, 3.05) is 7.11 Å². The van der Waals surface area contributed by atoms with E-state index in [1.165, 1.54) is 17.3 Å². The van der Waals surface area contributed by atoms with Crippen molar-refractivity contribution in [1.29, 1.82) is 0 Å². The van der Waals surface area contributed by atoms with Crippen LogP contribution in [0, 0.1) is 0 Å². The van der Waals surface area contributed by atoms with E-state index < -0.39 is 22.6 Å². The molecule has 0 radical (unpaired) electrons. The van der Waals surface area contributed by atoms with E-state index in [2.05, 4.69) is 67.7 Å². The van der Waals surface area contributed by atoms with Crippen LogP contribution in [0.2, 0.25) is 13.1 Å². The van der Waals surface area contributed by atoms with E-state index in [0.717, 1.165) is 22.9 Å². The predicted octanol–water partition coefficient (Wildman–Crippen LogP) is 6.96. The van der Waals surface area contributed by atoms with Gasteiger partial charge in [0.15, 0.2) is 5.78 Å². The average molecular weight is 631 g/mol. The first kappa shape index (κ1) is 31.8. The molecule has 0 aliphatic rings.